The van der Waals surface area contributed by atoms with E-state index in [4.69, 9.17) is 23.2 Å². The molecule has 0 aliphatic carbocycles. The first-order chi connectivity index (χ1) is 35.8. The van der Waals surface area contributed by atoms with E-state index >= 15 is 0 Å². The number of thiophene rings is 2. The number of hydrogen-bond acceptors (Lipinski definition) is 12. The third-order valence-electron chi connectivity index (χ3n) is 12.7. The summed E-state index contributed by atoms with van der Waals surface area (Å²) in [5.41, 5.74) is 6.53. The van der Waals surface area contributed by atoms with E-state index in [1.54, 1.807) is 22.7 Å². The summed E-state index contributed by atoms with van der Waals surface area (Å²) in [4.78, 5) is 59.5. The van der Waals surface area contributed by atoms with Crippen LogP contribution in [0.2, 0.25) is 10.0 Å². The minimum Gasteiger partial charge on any atom is -0.380 e. The zero-order valence-corrected chi connectivity index (χ0v) is 44.0. The number of hydrogen-bond donors (Lipinski definition) is 6. The summed E-state index contributed by atoms with van der Waals surface area (Å²) < 4.78 is 0. The number of benzene rings is 4. The van der Waals surface area contributed by atoms with Gasteiger partial charge in [0.1, 0.15) is 0 Å². The fourth-order valence-electron chi connectivity index (χ4n) is 8.50. The largest absolute Gasteiger partial charge is 0.380 e. The smallest absolute Gasteiger partial charge is 0.254 e. The van der Waals surface area contributed by atoms with Crippen LogP contribution in [-0.2, 0) is 44.9 Å². The summed E-state index contributed by atoms with van der Waals surface area (Å²) in [6.45, 7) is 4.19. The van der Waals surface area contributed by atoms with Gasteiger partial charge in [-0.3, -0.25) is 19.2 Å². The third-order valence-corrected chi connectivity index (χ3v) is 15.4. The average molecular weight is 1130 g/mol. The molecule has 414 valence electrons. The van der Waals surface area contributed by atoms with Crippen molar-refractivity contribution in [1.29, 1.82) is 0 Å². The van der Waals surface area contributed by atoms with Crippen LogP contribution in [0.1, 0.15) is 54.3 Å². The Kier molecular flexibility index (Phi) is 26.3. The summed E-state index contributed by atoms with van der Waals surface area (Å²) >= 11 is 15.7. The molecule has 2 fully saturated rings. The maximum Gasteiger partial charge on any atom is 0.254 e. The van der Waals surface area contributed by atoms with Crippen LogP contribution in [0.5, 0.6) is 0 Å². The molecular formula is C59H74Cl2N6O8S2. The van der Waals surface area contributed by atoms with Crippen LogP contribution in [0.15, 0.2) is 132 Å². The third kappa shape index (κ3) is 18.5. The Morgan fingerprint density at radius 2 is 0.883 bits per heavy atom. The molecule has 2 aliphatic heterocycles. The highest BCUT2D eigenvalue weighted by atomic mass is 35.5. The fraction of sp³-hybridized carbons (Fsp3) is 0.356. The molecule has 77 heavy (non-hydrogen) atoms. The first-order valence-corrected chi connectivity index (χ1v) is 27.1. The van der Waals surface area contributed by atoms with E-state index in [9.17, 15) is 39.6 Å². The SMILES string of the molecule is C.C.C.O=C(NCCc1cc(/C=C/c2ccccc2)cs1)[C@H](O)[C@@H](O)C(=O)N1CCN(c2ccccc2Cl)CC1.O=C(NCCc1cc(CCc2ccccc2)cs1)[C@H](O)[C@@H](O)C(=O)N1CCN(c2ccccc2Cl)CC1. The van der Waals surface area contributed by atoms with Crippen LogP contribution in [0, 0.1) is 0 Å². The molecule has 2 aliphatic rings. The Hall–Kier alpha value is -6.08. The van der Waals surface area contributed by atoms with E-state index < -0.39 is 48.0 Å². The Bertz CT molecular complexity index is 2780. The molecule has 8 rings (SSSR count). The quantitative estimate of drug-likeness (QED) is 0.0463. The van der Waals surface area contributed by atoms with Gasteiger partial charge in [-0.25, -0.2) is 0 Å². The van der Waals surface area contributed by atoms with Crippen LogP contribution < -0.4 is 20.4 Å². The number of para-hydroxylation sites is 2. The number of amides is 4. The molecular weight excluding hydrogens is 1060 g/mol. The molecule has 2 saturated heterocycles. The van der Waals surface area contributed by atoms with Gasteiger partial charge < -0.3 is 50.7 Å². The van der Waals surface area contributed by atoms with Crippen molar-refractivity contribution >= 4 is 93.0 Å². The number of carbonyl (C=O) groups is 4. The fourth-order valence-corrected chi connectivity index (χ4v) is 10.8. The molecule has 4 atom stereocenters. The van der Waals surface area contributed by atoms with Gasteiger partial charge >= 0.3 is 0 Å². The number of halogens is 2. The minimum absolute atomic E-state index is 0. The van der Waals surface area contributed by atoms with Gasteiger partial charge in [0.15, 0.2) is 24.4 Å². The normalized spacial score (nSPS) is 14.8. The van der Waals surface area contributed by atoms with Gasteiger partial charge in [-0.2, -0.15) is 0 Å². The van der Waals surface area contributed by atoms with Crippen LogP contribution in [0.3, 0.4) is 0 Å². The number of rotatable bonds is 19. The molecule has 6 aromatic rings. The van der Waals surface area contributed by atoms with Gasteiger partial charge in [0.2, 0.25) is 0 Å². The molecule has 4 aromatic carbocycles. The number of nitrogens with zero attached hydrogens (tertiary/aromatic N) is 4. The number of nitrogens with one attached hydrogen (secondary N) is 2. The van der Waals surface area contributed by atoms with Gasteiger partial charge in [-0.1, -0.05) is 143 Å². The van der Waals surface area contributed by atoms with Crippen molar-refractivity contribution in [3.63, 3.8) is 0 Å². The number of aliphatic hydroxyl groups is 4. The topological polar surface area (TPSA) is 186 Å². The van der Waals surface area contributed by atoms with Gasteiger partial charge in [-0.05, 0) is 95.1 Å². The first kappa shape index (κ1) is 63.5. The van der Waals surface area contributed by atoms with Crippen molar-refractivity contribution in [2.75, 3.05) is 75.2 Å². The number of aliphatic hydroxyl groups excluding tert-OH is 4. The van der Waals surface area contributed by atoms with Gasteiger partial charge in [0.05, 0.1) is 21.4 Å². The van der Waals surface area contributed by atoms with E-state index in [1.165, 1.54) is 20.9 Å². The molecule has 14 nitrogen and oxygen atoms in total. The molecule has 0 spiro atoms. The molecule has 4 amide bonds. The van der Waals surface area contributed by atoms with Crippen LogP contribution in [0.4, 0.5) is 11.4 Å². The lowest BCUT2D eigenvalue weighted by Crippen LogP contribution is -2.55. The summed E-state index contributed by atoms with van der Waals surface area (Å²) in [6.07, 6.45) is -0.0821. The number of aryl methyl sites for hydroxylation is 2. The zero-order chi connectivity index (χ0) is 52.4. The lowest BCUT2D eigenvalue weighted by Gasteiger charge is -2.37. The molecule has 2 aromatic heterocycles. The zero-order valence-electron chi connectivity index (χ0n) is 40.8. The predicted molar refractivity (Wildman–Crippen MR) is 316 cm³/mol. The summed E-state index contributed by atoms with van der Waals surface area (Å²) in [6, 6.07) is 39.5. The molecule has 0 unspecified atom stereocenters. The number of piperazine rings is 2. The number of carbonyl (C=O) groups excluding carboxylic acids is 4. The highest BCUT2D eigenvalue weighted by Gasteiger charge is 2.36. The van der Waals surface area contributed by atoms with Crippen molar-refractivity contribution in [1.82, 2.24) is 20.4 Å². The van der Waals surface area contributed by atoms with Gasteiger partial charge in [0, 0.05) is 75.2 Å². The molecule has 4 heterocycles. The van der Waals surface area contributed by atoms with Crippen molar-refractivity contribution in [3.8, 4) is 0 Å². The standard InChI is InChI=1S/C28H32ClN3O4S.C28H30ClN3O4S.3CH4/c2*29-23-8-4-5-9-24(23)31-14-16-32(17-15-31)28(36)26(34)25(33)27(35)30-13-12-22-18-21(19-37-22)11-10-20-6-2-1-3-7-20;;;/h1-9,18-19,25-26,33-34H,10-17H2,(H,30,35);1-11,18-19,25-26,33-34H,12-17H2,(H,30,35);3*1H4/b;11-10+;;;/t2*25-,26-;;;/m11.../s1. The van der Waals surface area contributed by atoms with Crippen molar-refractivity contribution < 1.29 is 39.6 Å². The first-order valence-electron chi connectivity index (χ1n) is 24.6. The summed E-state index contributed by atoms with van der Waals surface area (Å²) in [7, 11) is 0. The van der Waals surface area contributed by atoms with Gasteiger partial charge in [0.25, 0.3) is 23.6 Å². The van der Waals surface area contributed by atoms with Crippen molar-refractivity contribution in [3.05, 3.63) is 174 Å². The summed E-state index contributed by atoms with van der Waals surface area (Å²) in [5, 5.41) is 52.0. The molecule has 6 N–H and O–H groups in total. The van der Waals surface area contributed by atoms with E-state index in [2.05, 4.69) is 44.0 Å². The molecule has 0 bridgehead atoms. The van der Waals surface area contributed by atoms with E-state index in [1.807, 2.05) is 121 Å². The van der Waals surface area contributed by atoms with E-state index in [0.29, 0.717) is 81.8 Å². The minimum atomic E-state index is -1.83. The maximum absolute atomic E-state index is 12.7. The van der Waals surface area contributed by atoms with Crippen LogP contribution in [-0.4, -0.2) is 144 Å². The Balaban J connectivity index is 0.000000320. The average Bonchev–Trinajstić information content (AvgIpc) is 4.11. The predicted octanol–water partition coefficient (Wildman–Crippen LogP) is 8.13. The maximum atomic E-state index is 12.7. The van der Waals surface area contributed by atoms with E-state index in [0.717, 1.165) is 45.1 Å². The van der Waals surface area contributed by atoms with Gasteiger partial charge in [-0.15, -0.1) is 22.7 Å². The number of anilines is 2. The molecule has 18 heteroatoms. The summed E-state index contributed by atoms with van der Waals surface area (Å²) in [5.74, 6) is -2.83. The highest BCUT2D eigenvalue weighted by Crippen LogP contribution is 2.28. The monoisotopic (exact) mass is 1130 g/mol. The lowest BCUT2D eigenvalue weighted by atomic mass is 10.1. The van der Waals surface area contributed by atoms with Crippen LogP contribution in [0.25, 0.3) is 12.2 Å². The molecule has 0 radical (unpaired) electrons. The van der Waals surface area contributed by atoms with E-state index in [-0.39, 0.29) is 28.8 Å². The second-order valence-corrected chi connectivity index (χ2v) is 20.7. The van der Waals surface area contributed by atoms with Crippen LogP contribution >= 0.6 is 45.9 Å². The Labute approximate surface area is 472 Å². The second kappa shape index (κ2) is 32.0. The molecule has 0 saturated carbocycles. The van der Waals surface area contributed by atoms with Crippen molar-refractivity contribution in [2.24, 2.45) is 0 Å². The Morgan fingerprint density at radius 1 is 0.481 bits per heavy atom. The highest BCUT2D eigenvalue weighted by molar-refractivity contribution is 7.10. The second-order valence-electron chi connectivity index (χ2n) is 17.9. The lowest BCUT2D eigenvalue weighted by molar-refractivity contribution is -0.153. The van der Waals surface area contributed by atoms with Crippen molar-refractivity contribution in [2.45, 2.75) is 72.4 Å². The Morgan fingerprint density at radius 3 is 1.36 bits per heavy atom.